The first-order valence-electron chi connectivity index (χ1n) is 12.7. The number of halogens is 3. The van der Waals surface area contributed by atoms with Crippen LogP contribution in [-0.2, 0) is 26.7 Å². The molecule has 1 unspecified atom stereocenters. The van der Waals surface area contributed by atoms with Gasteiger partial charge in [-0.3, -0.25) is 4.31 Å². The maximum atomic E-state index is 12.4. The van der Waals surface area contributed by atoms with Crippen molar-refractivity contribution in [1.29, 1.82) is 0 Å². The molecular weight excluding hydrogens is 688 g/mol. The average Bonchev–Trinajstić information content (AvgIpc) is 3.35. The number of aromatic nitrogens is 3. The van der Waals surface area contributed by atoms with Crippen LogP contribution in [0.1, 0.15) is 38.1 Å². The highest BCUT2D eigenvalue weighted by Crippen LogP contribution is 2.44. The first-order chi connectivity index (χ1) is 18.7. The Bertz CT molecular complexity index is 1470. The van der Waals surface area contributed by atoms with Crippen molar-refractivity contribution >= 4 is 65.1 Å². The Kier molecular flexibility index (Phi) is 9.53. The van der Waals surface area contributed by atoms with Crippen LogP contribution in [0, 0.1) is 11.8 Å². The normalized spacial score (nSPS) is 19.2. The quantitative estimate of drug-likeness (QED) is 0.245. The summed E-state index contributed by atoms with van der Waals surface area (Å²) < 4.78 is 39.1. The smallest absolute Gasteiger partial charge is 0.249 e. The molecule has 0 radical (unpaired) electrons. The zero-order valence-electron chi connectivity index (χ0n) is 22.9. The molecule has 2 aromatic heterocycles. The van der Waals surface area contributed by atoms with Crippen molar-refractivity contribution < 1.29 is 17.6 Å². The van der Waals surface area contributed by atoms with Gasteiger partial charge in [0.1, 0.15) is 5.82 Å². The molecule has 10 nitrogen and oxygen atoms in total. The van der Waals surface area contributed by atoms with E-state index in [1.165, 1.54) is 7.05 Å². The molecule has 4 atom stereocenters. The Labute approximate surface area is 256 Å². The SMILES string of the molecule is COCCC(Nc1cc(-c2nnc([C@](C)(N)Cc3cc(Br)cc(Br)c3)o2)c(Cl)c(N(C)S(C)(=O)=O)n1)[C@H]1C[C@@H]1C. The first-order valence-corrected chi connectivity index (χ1v) is 16.5. The number of nitrogens with one attached hydrogen (secondary N) is 1. The lowest BCUT2D eigenvalue weighted by Crippen LogP contribution is -2.36. The van der Waals surface area contributed by atoms with Gasteiger partial charge >= 0.3 is 0 Å². The average molecular weight is 721 g/mol. The number of anilines is 2. The molecule has 218 valence electrons. The zero-order valence-corrected chi connectivity index (χ0v) is 27.7. The molecule has 0 saturated heterocycles. The number of hydrogen-bond acceptors (Lipinski definition) is 9. The van der Waals surface area contributed by atoms with Crippen LogP contribution in [0.5, 0.6) is 0 Å². The van der Waals surface area contributed by atoms with E-state index < -0.39 is 15.6 Å². The van der Waals surface area contributed by atoms with Gasteiger partial charge in [0, 0.05) is 35.8 Å². The lowest BCUT2D eigenvalue weighted by molar-refractivity contribution is 0.187. The van der Waals surface area contributed by atoms with Crippen LogP contribution in [0.2, 0.25) is 5.02 Å². The number of hydrogen-bond donors (Lipinski definition) is 2. The number of nitrogens with two attached hydrogens (primary N) is 1. The molecule has 40 heavy (non-hydrogen) atoms. The molecular formula is C26H33Br2ClN6O4S. The van der Waals surface area contributed by atoms with Crippen LogP contribution in [0.25, 0.3) is 11.5 Å². The third-order valence-corrected chi connectivity index (χ3v) is 9.48. The zero-order chi connectivity index (χ0) is 29.4. The predicted molar refractivity (Wildman–Crippen MR) is 164 cm³/mol. The highest BCUT2D eigenvalue weighted by molar-refractivity contribution is 9.11. The van der Waals surface area contributed by atoms with Crippen molar-refractivity contribution in [3.8, 4) is 11.5 Å². The maximum Gasteiger partial charge on any atom is 0.249 e. The second-order valence-electron chi connectivity index (χ2n) is 10.6. The Morgan fingerprint density at radius 3 is 2.50 bits per heavy atom. The number of ether oxygens (including phenoxy) is 1. The monoisotopic (exact) mass is 718 g/mol. The second-order valence-corrected chi connectivity index (χ2v) is 14.8. The van der Waals surface area contributed by atoms with Gasteiger partial charge in [0.05, 0.1) is 22.4 Å². The van der Waals surface area contributed by atoms with Crippen LogP contribution < -0.4 is 15.4 Å². The molecule has 3 aromatic rings. The predicted octanol–water partition coefficient (Wildman–Crippen LogP) is 5.60. The minimum absolute atomic E-state index is 0.0488. The van der Waals surface area contributed by atoms with Gasteiger partial charge in [0.25, 0.3) is 0 Å². The summed E-state index contributed by atoms with van der Waals surface area (Å²) in [6, 6.07) is 7.67. The van der Waals surface area contributed by atoms with E-state index in [2.05, 4.69) is 59.3 Å². The van der Waals surface area contributed by atoms with E-state index in [0.717, 1.165) is 37.9 Å². The number of sulfonamides is 1. The van der Waals surface area contributed by atoms with Crippen molar-refractivity contribution in [3.05, 3.63) is 49.7 Å². The van der Waals surface area contributed by atoms with Gasteiger partial charge in [-0.25, -0.2) is 13.4 Å². The molecule has 0 bridgehead atoms. The lowest BCUT2D eigenvalue weighted by atomic mass is 9.94. The van der Waals surface area contributed by atoms with E-state index in [1.807, 2.05) is 18.2 Å². The van der Waals surface area contributed by atoms with Crippen molar-refractivity contribution in [2.75, 3.05) is 36.6 Å². The van der Waals surface area contributed by atoms with E-state index in [-0.39, 0.29) is 28.7 Å². The topological polar surface area (TPSA) is 136 Å². The first kappa shape index (κ1) is 31.2. The molecule has 0 amide bonds. The molecule has 1 aliphatic carbocycles. The minimum atomic E-state index is -3.66. The number of nitrogens with zero attached hydrogens (tertiary/aromatic N) is 4. The van der Waals surface area contributed by atoms with E-state index in [1.54, 1.807) is 20.1 Å². The molecule has 2 heterocycles. The van der Waals surface area contributed by atoms with Crippen LogP contribution in [0.3, 0.4) is 0 Å². The summed E-state index contributed by atoms with van der Waals surface area (Å²) in [5.41, 5.74) is 6.96. The third-order valence-electron chi connectivity index (χ3n) is 7.03. The standard InChI is InChI=1S/C26H33Br2ClN6O4S/c1-14-8-18(14)20(6-7-38-4)31-21-12-19(22(29)23(32-21)35(3)40(5,36)37)24-33-34-25(39-24)26(2,30)13-15-9-16(27)11-17(28)10-15/h9-12,14,18,20H,6-8,13,30H2,1-5H3,(H,31,32)/t14-,18-,20?,26+/m0/s1. The number of benzene rings is 1. The van der Waals surface area contributed by atoms with Gasteiger partial charge in [-0.2, -0.15) is 0 Å². The maximum absolute atomic E-state index is 12.4. The van der Waals surface area contributed by atoms with Crippen molar-refractivity contribution in [1.82, 2.24) is 15.2 Å². The van der Waals surface area contributed by atoms with E-state index >= 15 is 0 Å². The molecule has 3 N–H and O–H groups in total. The summed E-state index contributed by atoms with van der Waals surface area (Å²) in [5, 5.41) is 12.0. The van der Waals surface area contributed by atoms with Crippen molar-refractivity contribution in [2.45, 2.75) is 44.7 Å². The highest BCUT2D eigenvalue weighted by Gasteiger charge is 2.39. The molecule has 4 rings (SSSR count). The summed E-state index contributed by atoms with van der Waals surface area (Å²) in [5.74, 6) is 1.84. The summed E-state index contributed by atoms with van der Waals surface area (Å²) in [4.78, 5) is 4.58. The number of methoxy groups -OCH3 is 1. The largest absolute Gasteiger partial charge is 0.419 e. The summed E-state index contributed by atoms with van der Waals surface area (Å²) in [6.45, 7) is 4.58. The third kappa shape index (κ3) is 7.35. The minimum Gasteiger partial charge on any atom is -0.419 e. The second kappa shape index (κ2) is 12.2. The molecule has 1 aromatic carbocycles. The fraction of sp³-hybridized carbons (Fsp3) is 0.500. The highest BCUT2D eigenvalue weighted by atomic mass is 79.9. The van der Waals surface area contributed by atoms with Crippen LogP contribution in [0.15, 0.2) is 37.6 Å². The fourth-order valence-corrected chi connectivity index (χ4v) is 6.82. The van der Waals surface area contributed by atoms with Crippen molar-refractivity contribution in [2.24, 2.45) is 17.6 Å². The van der Waals surface area contributed by atoms with Gasteiger partial charge in [0.15, 0.2) is 5.82 Å². The van der Waals surface area contributed by atoms with Gasteiger partial charge in [-0.1, -0.05) is 50.4 Å². The van der Waals surface area contributed by atoms with E-state index in [0.29, 0.717) is 36.2 Å². The van der Waals surface area contributed by atoms with Crippen LogP contribution in [-0.4, -0.2) is 56.7 Å². The summed E-state index contributed by atoms with van der Waals surface area (Å²) >= 11 is 13.7. The van der Waals surface area contributed by atoms with Crippen LogP contribution >= 0.6 is 43.5 Å². The Balaban J connectivity index is 1.72. The Morgan fingerprint density at radius 1 is 1.27 bits per heavy atom. The Hall–Kier alpha value is -1.77. The molecule has 1 saturated carbocycles. The lowest BCUT2D eigenvalue weighted by Gasteiger charge is -2.23. The van der Waals surface area contributed by atoms with Gasteiger partial charge in [-0.15, -0.1) is 10.2 Å². The summed E-state index contributed by atoms with van der Waals surface area (Å²) in [7, 11) is -0.602. The summed E-state index contributed by atoms with van der Waals surface area (Å²) in [6.07, 6.45) is 3.37. The molecule has 0 spiro atoms. The number of pyridine rings is 1. The van der Waals surface area contributed by atoms with Crippen LogP contribution in [0.4, 0.5) is 11.6 Å². The fourth-order valence-electron chi connectivity index (χ4n) is 4.63. The Morgan fingerprint density at radius 2 is 1.93 bits per heavy atom. The van der Waals surface area contributed by atoms with E-state index in [4.69, 9.17) is 26.5 Å². The molecule has 1 fully saturated rings. The van der Waals surface area contributed by atoms with Gasteiger partial charge in [0.2, 0.25) is 21.8 Å². The number of rotatable bonds is 12. The van der Waals surface area contributed by atoms with Gasteiger partial charge in [-0.05, 0) is 67.9 Å². The molecule has 1 aliphatic rings. The van der Waals surface area contributed by atoms with Gasteiger partial charge < -0.3 is 20.2 Å². The molecule has 14 heteroatoms. The van der Waals surface area contributed by atoms with E-state index in [9.17, 15) is 8.42 Å². The van der Waals surface area contributed by atoms with Crippen molar-refractivity contribution in [3.63, 3.8) is 0 Å². The molecule has 0 aliphatic heterocycles.